The predicted octanol–water partition coefficient (Wildman–Crippen LogP) is 6.45. The molecule has 0 radical (unpaired) electrons. The number of pyridine rings is 1. The minimum atomic E-state index is -4.37. The average Bonchev–Trinajstić information content (AvgIpc) is 4.25. The first-order valence-corrected chi connectivity index (χ1v) is 27.9. The molecule has 0 spiro atoms. The topological polar surface area (TPSA) is 203 Å². The van der Waals surface area contributed by atoms with Crippen molar-refractivity contribution in [3.63, 3.8) is 0 Å². The van der Waals surface area contributed by atoms with Gasteiger partial charge in [0, 0.05) is 125 Å². The van der Waals surface area contributed by atoms with E-state index in [1.165, 1.54) is 6.20 Å². The molecule has 7 heterocycles. The Hall–Kier alpha value is -6.65. The van der Waals surface area contributed by atoms with Crippen LogP contribution in [0.5, 0.6) is 0 Å². The monoisotopic (exact) mass is 1080 g/mol. The van der Waals surface area contributed by atoms with Gasteiger partial charge < -0.3 is 35.1 Å². The summed E-state index contributed by atoms with van der Waals surface area (Å²) in [5, 5.41) is 14.2. The lowest BCUT2D eigenvalue weighted by atomic mass is 9.85. The van der Waals surface area contributed by atoms with Crippen LogP contribution in [0.2, 0.25) is 0 Å². The van der Waals surface area contributed by atoms with Crippen LogP contribution in [0.3, 0.4) is 0 Å². The second-order valence-electron chi connectivity index (χ2n) is 22.1. The molecule has 0 bridgehead atoms. The van der Waals surface area contributed by atoms with Crippen LogP contribution in [-0.2, 0) is 26.2 Å². The molecule has 17 nitrogen and oxygen atoms in total. The van der Waals surface area contributed by atoms with Gasteiger partial charge in [-0.05, 0) is 72.1 Å². The first kappa shape index (κ1) is 53.7. The maximum Gasteiger partial charge on any atom is 0.301 e. The van der Waals surface area contributed by atoms with Crippen molar-refractivity contribution in [2.24, 2.45) is 11.3 Å². The third-order valence-corrected chi connectivity index (χ3v) is 17.0. The number of halogens is 3. The first-order valence-electron chi connectivity index (χ1n) is 26.4. The van der Waals surface area contributed by atoms with Gasteiger partial charge in [0.15, 0.2) is 5.82 Å². The van der Waals surface area contributed by atoms with Crippen LogP contribution in [0.15, 0.2) is 91.4 Å². The Labute approximate surface area is 446 Å². The number of ketones is 1. The number of rotatable bonds is 16. The standard InChI is InChI=1S/C56H66F3N11O6S/c1-56(2,3)52(55(74)70-33-42(71)27-47(70)54-61-29-40(63-54)25-35-7-5-4-6-8-35)64-48(72)34-67-23-21-66(22-24-67)31-36-15-18-68(19-16-36)41-11-9-37(10-12-41)38-26-43-44(30-62-53(43)60-28-38)51(73)49-45(58)13-14-46(50(49)59)65-77(75,76)69-20-17-39(57)32-69/h4-14,26,28-30,36,39,42,47,52,65,71H,15-25,27,31-34H2,1-3H3,(H,60,62)(H,61,63)(H,64,72)/t39-,42-,47+,52?/m1/s1. The van der Waals surface area contributed by atoms with Gasteiger partial charge in [-0.2, -0.15) is 12.7 Å². The highest BCUT2D eigenvalue weighted by Gasteiger charge is 2.44. The Morgan fingerprint density at radius 3 is 2.29 bits per heavy atom. The first-order chi connectivity index (χ1) is 36.9. The van der Waals surface area contributed by atoms with E-state index in [1.54, 1.807) is 23.4 Å². The lowest BCUT2D eigenvalue weighted by molar-refractivity contribution is -0.141. The Balaban J connectivity index is 0.692. The SMILES string of the molecule is CC(C)(C)C(NC(=O)CN1CCN(CC2CCN(c3ccc(-c4cnc5[nH]cc(C(=O)c6c(F)ccc(NS(=O)(=O)N7CC[C@@H](F)C7)c6F)c5c4)cc3)CC2)CC1)C(=O)N1C[C@H](O)C[C@H]1c1ncc(Cc2ccccc2)[nH]1. The number of piperazine rings is 1. The van der Waals surface area contributed by atoms with Crippen molar-refractivity contribution < 1.29 is 41.1 Å². The third kappa shape index (κ3) is 12.1. The number of piperidine rings is 1. The van der Waals surface area contributed by atoms with Crippen LogP contribution < -0.4 is 14.9 Å². The molecule has 4 aliphatic heterocycles. The number of β-amino-alcohol motifs (C(OH)–C–C–N with tert-alkyl or cyclic N) is 1. The zero-order valence-corrected chi connectivity index (χ0v) is 44.3. The third-order valence-electron chi connectivity index (χ3n) is 15.5. The van der Waals surface area contributed by atoms with Gasteiger partial charge in [0.2, 0.25) is 17.6 Å². The fourth-order valence-electron chi connectivity index (χ4n) is 11.2. The summed E-state index contributed by atoms with van der Waals surface area (Å²) in [5.74, 6) is -2.85. The molecule has 4 atom stereocenters. The van der Waals surface area contributed by atoms with E-state index in [0.29, 0.717) is 41.2 Å². The van der Waals surface area contributed by atoms with E-state index in [1.807, 2.05) is 68.0 Å². The maximum atomic E-state index is 15.8. The molecule has 10 rings (SSSR count). The number of aliphatic hydroxyl groups excluding tert-OH is 1. The second-order valence-corrected chi connectivity index (χ2v) is 23.7. The molecule has 4 saturated heterocycles. The number of aromatic amines is 2. The number of H-pyrrole nitrogens is 2. The summed E-state index contributed by atoms with van der Waals surface area (Å²) in [4.78, 5) is 65.8. The van der Waals surface area contributed by atoms with Crippen molar-refractivity contribution in [3.8, 4) is 11.1 Å². The number of imidazole rings is 1. The molecule has 3 aromatic carbocycles. The van der Waals surface area contributed by atoms with Crippen LogP contribution in [0, 0.1) is 23.0 Å². The van der Waals surface area contributed by atoms with Crippen LogP contribution in [-0.4, -0.2) is 160 Å². The number of hydrogen-bond acceptors (Lipinski definition) is 11. The van der Waals surface area contributed by atoms with Gasteiger partial charge in [0.1, 0.15) is 29.5 Å². The number of nitrogens with one attached hydrogen (secondary N) is 4. The quantitative estimate of drug-likeness (QED) is 0.0667. The Bertz CT molecular complexity index is 3210. The summed E-state index contributed by atoms with van der Waals surface area (Å²) in [6.07, 6.45) is 5.76. The molecule has 6 aromatic rings. The molecule has 21 heteroatoms. The number of hydrogen-bond donors (Lipinski definition) is 5. The summed E-state index contributed by atoms with van der Waals surface area (Å²) in [6, 6.07) is 20.3. The number of carbonyl (C=O) groups is 3. The summed E-state index contributed by atoms with van der Waals surface area (Å²) in [6.45, 7) is 11.6. The number of aromatic nitrogens is 4. The molecule has 5 N–H and O–H groups in total. The molecule has 2 amide bonds. The number of alkyl halides is 1. The Morgan fingerprint density at radius 1 is 0.857 bits per heavy atom. The predicted molar refractivity (Wildman–Crippen MR) is 287 cm³/mol. The minimum absolute atomic E-state index is 0.000538. The van der Waals surface area contributed by atoms with Crippen molar-refractivity contribution in [1.29, 1.82) is 0 Å². The fraction of sp³-hybridized carbons (Fsp3) is 0.446. The summed E-state index contributed by atoms with van der Waals surface area (Å²) in [5.41, 5.74) is 2.73. The second kappa shape index (κ2) is 22.4. The van der Waals surface area contributed by atoms with Crippen LogP contribution in [0.1, 0.15) is 85.5 Å². The summed E-state index contributed by atoms with van der Waals surface area (Å²) >= 11 is 0. The zero-order valence-electron chi connectivity index (χ0n) is 43.5. The molecule has 408 valence electrons. The fourth-order valence-corrected chi connectivity index (χ4v) is 12.4. The van der Waals surface area contributed by atoms with E-state index in [2.05, 4.69) is 52.1 Å². The summed E-state index contributed by atoms with van der Waals surface area (Å²) in [7, 11) is -4.37. The van der Waals surface area contributed by atoms with E-state index < -0.39 is 75.2 Å². The van der Waals surface area contributed by atoms with Crippen molar-refractivity contribution in [1.82, 2.24) is 44.3 Å². The van der Waals surface area contributed by atoms with Gasteiger partial charge in [-0.25, -0.2) is 23.1 Å². The normalized spacial score (nSPS) is 20.7. The van der Waals surface area contributed by atoms with E-state index in [9.17, 15) is 32.3 Å². The van der Waals surface area contributed by atoms with Crippen molar-refractivity contribution in [2.45, 2.75) is 77.2 Å². The van der Waals surface area contributed by atoms with Crippen LogP contribution in [0.4, 0.5) is 24.5 Å². The highest BCUT2D eigenvalue weighted by molar-refractivity contribution is 7.90. The average molecular weight is 1080 g/mol. The largest absolute Gasteiger partial charge is 0.391 e. The molecule has 0 aliphatic carbocycles. The van der Waals surface area contributed by atoms with Crippen LogP contribution >= 0.6 is 0 Å². The molecular weight excluding hydrogens is 1010 g/mol. The highest BCUT2D eigenvalue weighted by Crippen LogP contribution is 2.35. The van der Waals surface area contributed by atoms with E-state index >= 15 is 8.78 Å². The minimum Gasteiger partial charge on any atom is -0.391 e. The van der Waals surface area contributed by atoms with E-state index in [4.69, 9.17) is 0 Å². The number of benzene rings is 3. The van der Waals surface area contributed by atoms with Gasteiger partial charge in [-0.3, -0.25) is 24.0 Å². The number of aliphatic hydroxyl groups is 1. The highest BCUT2D eigenvalue weighted by atomic mass is 32.2. The van der Waals surface area contributed by atoms with Crippen molar-refractivity contribution in [2.75, 3.05) is 81.6 Å². The number of likely N-dealkylation sites (tertiary alicyclic amines) is 1. The number of nitrogens with zero attached hydrogens (tertiary/aromatic N) is 7. The Kier molecular flexibility index (Phi) is 15.6. The molecule has 4 aliphatic rings. The number of carbonyl (C=O) groups excluding carboxylic acids is 3. The number of anilines is 2. The lowest BCUT2D eigenvalue weighted by Gasteiger charge is -2.39. The van der Waals surface area contributed by atoms with Gasteiger partial charge in [0.05, 0.1) is 29.9 Å². The van der Waals surface area contributed by atoms with Crippen LogP contribution in [0.25, 0.3) is 22.2 Å². The summed E-state index contributed by atoms with van der Waals surface area (Å²) < 4.78 is 73.4. The molecule has 1 unspecified atom stereocenters. The maximum absolute atomic E-state index is 15.8. The van der Waals surface area contributed by atoms with Gasteiger partial charge in [-0.1, -0.05) is 63.2 Å². The molecule has 77 heavy (non-hydrogen) atoms. The molecular formula is C56H66F3N11O6S. The van der Waals surface area contributed by atoms with Crippen molar-refractivity contribution >= 4 is 50.2 Å². The smallest absolute Gasteiger partial charge is 0.301 e. The zero-order chi connectivity index (χ0) is 54.2. The van der Waals surface area contributed by atoms with E-state index in [0.717, 1.165) is 97.6 Å². The number of fused-ring (bicyclic) bond motifs is 1. The molecule has 3 aromatic heterocycles. The molecule has 4 fully saturated rings. The van der Waals surface area contributed by atoms with Crippen molar-refractivity contribution in [3.05, 3.63) is 131 Å². The van der Waals surface area contributed by atoms with Gasteiger partial charge in [-0.15, -0.1) is 0 Å². The number of amides is 2. The lowest BCUT2D eigenvalue weighted by Crippen LogP contribution is -2.57. The van der Waals surface area contributed by atoms with Gasteiger partial charge >= 0.3 is 10.2 Å². The molecule has 0 saturated carbocycles. The van der Waals surface area contributed by atoms with Gasteiger partial charge in [0.25, 0.3) is 0 Å². The van der Waals surface area contributed by atoms with E-state index in [-0.39, 0.29) is 43.4 Å². The Morgan fingerprint density at radius 2 is 1.58 bits per heavy atom.